The zero-order valence-corrected chi connectivity index (χ0v) is 18.3. The Morgan fingerprint density at radius 2 is 1.76 bits per heavy atom. The summed E-state index contributed by atoms with van der Waals surface area (Å²) < 4.78 is 55.4. The van der Waals surface area contributed by atoms with E-state index in [1.165, 1.54) is 30.1 Å². The van der Waals surface area contributed by atoms with Crippen molar-refractivity contribution in [1.29, 1.82) is 0 Å². The lowest BCUT2D eigenvalue weighted by Gasteiger charge is -2.17. The van der Waals surface area contributed by atoms with E-state index in [1.807, 2.05) is 6.07 Å². The SMILES string of the molecule is CNSc1ccc(Nc2ccc(C(F)(F)F)cc2)c(/C(N)=N/N(N)Cc2ccccc2F)c1. The zero-order chi connectivity index (χ0) is 24.0. The van der Waals surface area contributed by atoms with Gasteiger partial charge in [0.05, 0.1) is 12.1 Å². The number of anilines is 2. The summed E-state index contributed by atoms with van der Waals surface area (Å²) in [4.78, 5) is 0.821. The maximum atomic E-state index is 13.9. The van der Waals surface area contributed by atoms with Crippen molar-refractivity contribution in [2.24, 2.45) is 16.7 Å². The number of nitrogens with zero attached hydrogens (tertiary/aromatic N) is 2. The van der Waals surface area contributed by atoms with Crippen molar-refractivity contribution in [3.05, 3.63) is 89.2 Å². The first kappa shape index (κ1) is 24.4. The van der Waals surface area contributed by atoms with Gasteiger partial charge in [-0.1, -0.05) is 18.2 Å². The fourth-order valence-corrected chi connectivity index (χ4v) is 3.50. The molecule has 3 aromatic rings. The molecule has 6 nitrogen and oxygen atoms in total. The Labute approximate surface area is 192 Å². The molecule has 11 heteroatoms. The van der Waals surface area contributed by atoms with Gasteiger partial charge in [0.2, 0.25) is 0 Å². The molecule has 174 valence electrons. The maximum absolute atomic E-state index is 13.9. The van der Waals surface area contributed by atoms with Crippen LogP contribution in [0.15, 0.2) is 76.7 Å². The molecule has 0 aliphatic carbocycles. The fraction of sp³-hybridized carbons (Fsp3) is 0.136. The molecule has 33 heavy (non-hydrogen) atoms. The van der Waals surface area contributed by atoms with Gasteiger partial charge >= 0.3 is 6.18 Å². The zero-order valence-electron chi connectivity index (χ0n) is 17.5. The molecule has 0 heterocycles. The summed E-state index contributed by atoms with van der Waals surface area (Å²) >= 11 is 1.34. The molecule has 0 fully saturated rings. The predicted molar refractivity (Wildman–Crippen MR) is 123 cm³/mol. The number of nitrogens with two attached hydrogens (primary N) is 2. The normalized spacial score (nSPS) is 12.0. The summed E-state index contributed by atoms with van der Waals surface area (Å²) in [6.07, 6.45) is -4.42. The third-order valence-corrected chi connectivity index (χ3v) is 5.20. The molecule has 0 unspecified atom stereocenters. The molecule has 0 amide bonds. The van der Waals surface area contributed by atoms with Crippen molar-refractivity contribution in [2.45, 2.75) is 17.6 Å². The van der Waals surface area contributed by atoms with Crippen LogP contribution in [0.5, 0.6) is 0 Å². The Bertz CT molecular complexity index is 1120. The van der Waals surface area contributed by atoms with Crippen LogP contribution < -0.4 is 21.6 Å². The summed E-state index contributed by atoms with van der Waals surface area (Å²) in [5.74, 6) is 5.55. The van der Waals surface area contributed by atoms with Gasteiger partial charge in [0.1, 0.15) is 5.82 Å². The highest BCUT2D eigenvalue weighted by atomic mass is 32.2. The number of rotatable bonds is 8. The highest BCUT2D eigenvalue weighted by Crippen LogP contribution is 2.31. The molecular formula is C22H22F4N6S. The maximum Gasteiger partial charge on any atom is 0.416 e. The molecule has 3 aromatic carbocycles. The Morgan fingerprint density at radius 1 is 1.06 bits per heavy atom. The molecule has 6 N–H and O–H groups in total. The average Bonchev–Trinajstić information content (AvgIpc) is 2.76. The number of nitrogens with one attached hydrogen (secondary N) is 2. The van der Waals surface area contributed by atoms with E-state index in [4.69, 9.17) is 11.6 Å². The Hall–Kier alpha value is -3.28. The van der Waals surface area contributed by atoms with Crippen LogP contribution in [0.2, 0.25) is 0 Å². The summed E-state index contributed by atoms with van der Waals surface area (Å²) in [5.41, 5.74) is 7.22. The van der Waals surface area contributed by atoms with Crippen LogP contribution in [0.1, 0.15) is 16.7 Å². The average molecular weight is 479 g/mol. The van der Waals surface area contributed by atoms with Gasteiger partial charge in [-0.25, -0.2) is 15.4 Å². The van der Waals surface area contributed by atoms with Gasteiger partial charge < -0.3 is 11.1 Å². The van der Waals surface area contributed by atoms with E-state index in [1.54, 1.807) is 37.4 Å². The highest BCUT2D eigenvalue weighted by molar-refractivity contribution is 7.97. The van der Waals surface area contributed by atoms with Crippen LogP contribution >= 0.6 is 11.9 Å². The van der Waals surface area contributed by atoms with Crippen LogP contribution in [0.25, 0.3) is 0 Å². The van der Waals surface area contributed by atoms with E-state index in [-0.39, 0.29) is 12.4 Å². The highest BCUT2D eigenvalue weighted by Gasteiger charge is 2.30. The number of hydrazine groups is 1. The molecule has 0 saturated carbocycles. The molecular weight excluding hydrogens is 456 g/mol. The molecule has 0 spiro atoms. The van der Waals surface area contributed by atoms with Crippen LogP contribution in [0, 0.1) is 5.82 Å². The largest absolute Gasteiger partial charge is 0.416 e. The van der Waals surface area contributed by atoms with E-state index >= 15 is 0 Å². The third-order valence-electron chi connectivity index (χ3n) is 4.50. The van der Waals surface area contributed by atoms with Crippen molar-refractivity contribution in [2.75, 3.05) is 12.4 Å². The smallest absolute Gasteiger partial charge is 0.382 e. The lowest BCUT2D eigenvalue weighted by Crippen LogP contribution is -2.29. The number of hydrogen-bond acceptors (Lipinski definition) is 6. The van der Waals surface area contributed by atoms with Crippen molar-refractivity contribution in [3.63, 3.8) is 0 Å². The summed E-state index contributed by atoms with van der Waals surface area (Å²) in [7, 11) is 1.76. The number of hydrazone groups is 1. The number of halogens is 4. The molecule has 0 aliphatic rings. The first-order chi connectivity index (χ1) is 15.7. The van der Waals surface area contributed by atoms with Crippen molar-refractivity contribution in [1.82, 2.24) is 9.84 Å². The molecule has 0 saturated heterocycles. The van der Waals surface area contributed by atoms with E-state index in [0.29, 0.717) is 22.5 Å². The summed E-state index contributed by atoms with van der Waals surface area (Å²) in [5, 5.41) is 8.23. The Balaban J connectivity index is 1.88. The lowest BCUT2D eigenvalue weighted by molar-refractivity contribution is -0.137. The van der Waals surface area contributed by atoms with Gasteiger partial charge in [-0.3, -0.25) is 4.72 Å². The minimum absolute atomic E-state index is 0.0139. The van der Waals surface area contributed by atoms with E-state index < -0.39 is 17.6 Å². The quantitative estimate of drug-likeness (QED) is 0.0928. The third kappa shape index (κ3) is 6.60. The molecule has 0 aromatic heterocycles. The molecule has 0 radical (unpaired) electrons. The van der Waals surface area contributed by atoms with Crippen LogP contribution in [-0.2, 0) is 12.7 Å². The van der Waals surface area contributed by atoms with Crippen molar-refractivity contribution < 1.29 is 17.6 Å². The standard InChI is InChI=1S/C22H22F4N6S/c1-29-33-17-10-11-20(30-16-8-6-15(7-9-16)22(24,25)26)18(12-17)21(27)31-32(28)13-14-4-2-3-5-19(14)23/h2-12,29-30H,13,28H2,1H3,(H2,27,31). The predicted octanol–water partition coefficient (Wildman–Crippen LogP) is 4.81. The minimum Gasteiger partial charge on any atom is -0.382 e. The first-order valence-corrected chi connectivity index (χ1v) is 10.5. The van der Waals surface area contributed by atoms with Crippen molar-refractivity contribution in [3.8, 4) is 0 Å². The van der Waals surface area contributed by atoms with E-state index in [0.717, 1.165) is 22.1 Å². The van der Waals surface area contributed by atoms with Gasteiger partial charge in [0.15, 0.2) is 5.84 Å². The van der Waals surface area contributed by atoms with Gasteiger partial charge in [0, 0.05) is 27.4 Å². The summed E-state index contributed by atoms with van der Waals surface area (Å²) in [6, 6.07) is 16.1. The van der Waals surface area contributed by atoms with E-state index in [2.05, 4.69) is 15.1 Å². The number of benzene rings is 3. The van der Waals surface area contributed by atoms with Crippen LogP contribution in [0.3, 0.4) is 0 Å². The first-order valence-electron chi connectivity index (χ1n) is 9.69. The van der Waals surface area contributed by atoms with Gasteiger partial charge in [-0.15, -0.1) is 5.10 Å². The Morgan fingerprint density at radius 3 is 2.39 bits per heavy atom. The monoisotopic (exact) mass is 478 g/mol. The number of amidine groups is 1. The van der Waals surface area contributed by atoms with Gasteiger partial charge in [-0.2, -0.15) is 13.2 Å². The number of hydrogen-bond donors (Lipinski definition) is 4. The Kier molecular flexibility index (Phi) is 7.79. The molecule has 0 atom stereocenters. The van der Waals surface area contributed by atoms with Crippen molar-refractivity contribution >= 4 is 29.2 Å². The molecule has 0 bridgehead atoms. The molecule has 0 aliphatic heterocycles. The van der Waals surface area contributed by atoms with Gasteiger partial charge in [-0.05, 0) is 67.5 Å². The number of alkyl halides is 3. The van der Waals surface area contributed by atoms with E-state index in [9.17, 15) is 17.6 Å². The second-order valence-corrected chi connectivity index (χ2v) is 7.97. The topological polar surface area (TPSA) is 91.7 Å². The van der Waals surface area contributed by atoms with Crippen LogP contribution in [0.4, 0.5) is 28.9 Å². The fourth-order valence-electron chi connectivity index (χ4n) is 2.95. The van der Waals surface area contributed by atoms with Gasteiger partial charge in [0.25, 0.3) is 0 Å². The van der Waals surface area contributed by atoms with Crippen LogP contribution in [-0.4, -0.2) is 18.0 Å². The summed E-state index contributed by atoms with van der Waals surface area (Å²) in [6.45, 7) is -0.0139. The second-order valence-electron chi connectivity index (χ2n) is 6.89. The lowest BCUT2D eigenvalue weighted by atomic mass is 10.1. The molecule has 3 rings (SSSR count). The minimum atomic E-state index is -4.42. The second kappa shape index (κ2) is 10.6.